The highest BCUT2D eigenvalue weighted by Crippen LogP contribution is 2.48. The maximum absolute atomic E-state index is 12.5. The van der Waals surface area contributed by atoms with Gasteiger partial charge in [0.1, 0.15) is 5.69 Å². The van der Waals surface area contributed by atoms with Crippen molar-refractivity contribution >= 4 is 16.9 Å². The van der Waals surface area contributed by atoms with Crippen molar-refractivity contribution in [1.29, 1.82) is 0 Å². The Morgan fingerprint density at radius 3 is 2.68 bits per heavy atom. The summed E-state index contributed by atoms with van der Waals surface area (Å²) in [5.74, 6) is -0.117. The van der Waals surface area contributed by atoms with Crippen molar-refractivity contribution in [3.8, 4) is 0 Å². The molecule has 0 radical (unpaired) electrons. The molecule has 1 aromatic heterocycles. The van der Waals surface area contributed by atoms with E-state index in [1.807, 2.05) is 24.3 Å². The van der Waals surface area contributed by atoms with Gasteiger partial charge in [0.05, 0.1) is 17.2 Å². The number of para-hydroxylation sites is 2. The van der Waals surface area contributed by atoms with Gasteiger partial charge in [0, 0.05) is 19.3 Å². The average Bonchev–Trinajstić information content (AvgIpc) is 2.59. The molecule has 2 aromatic rings. The van der Waals surface area contributed by atoms with E-state index in [1.165, 1.54) is 6.42 Å². The van der Waals surface area contributed by atoms with E-state index in [1.54, 1.807) is 6.20 Å². The second-order valence-electron chi connectivity index (χ2n) is 6.28. The van der Waals surface area contributed by atoms with Gasteiger partial charge >= 0.3 is 0 Å². The van der Waals surface area contributed by atoms with Gasteiger partial charge in [-0.1, -0.05) is 12.1 Å². The quantitative estimate of drug-likeness (QED) is 0.924. The number of benzene rings is 1. The van der Waals surface area contributed by atoms with E-state index in [-0.39, 0.29) is 17.4 Å². The van der Waals surface area contributed by atoms with Crippen molar-refractivity contribution in [3.05, 3.63) is 36.2 Å². The molecule has 2 fully saturated rings. The maximum Gasteiger partial charge on any atom is 0.271 e. The van der Waals surface area contributed by atoms with E-state index in [0.717, 1.165) is 43.5 Å². The van der Waals surface area contributed by atoms with E-state index in [9.17, 15) is 4.79 Å². The first-order valence-electron chi connectivity index (χ1n) is 7.87. The monoisotopic (exact) mass is 297 g/mol. The molecule has 2 aliphatic rings. The van der Waals surface area contributed by atoms with Gasteiger partial charge in [-0.15, -0.1) is 0 Å². The Morgan fingerprint density at radius 1 is 1.18 bits per heavy atom. The Hall–Kier alpha value is -2.01. The summed E-state index contributed by atoms with van der Waals surface area (Å²) in [6, 6.07) is 7.84. The minimum atomic E-state index is -0.117. The summed E-state index contributed by atoms with van der Waals surface area (Å²) in [6.07, 6.45) is 5.88. The highest BCUT2D eigenvalue weighted by Gasteiger charge is 2.48. The topological polar surface area (TPSA) is 64.1 Å². The zero-order valence-electron chi connectivity index (χ0n) is 12.4. The Morgan fingerprint density at radius 2 is 1.95 bits per heavy atom. The van der Waals surface area contributed by atoms with E-state index in [0.29, 0.717) is 5.69 Å². The fourth-order valence-electron chi connectivity index (χ4n) is 3.60. The minimum Gasteiger partial charge on any atom is -0.381 e. The molecule has 2 heterocycles. The number of ether oxygens (including phenoxy) is 1. The number of nitrogens with zero attached hydrogens (tertiary/aromatic N) is 2. The lowest BCUT2D eigenvalue weighted by Crippen LogP contribution is -2.57. The molecule has 1 aliphatic carbocycles. The highest BCUT2D eigenvalue weighted by molar-refractivity contribution is 5.94. The number of fused-ring (bicyclic) bond motifs is 1. The van der Waals surface area contributed by atoms with Crippen molar-refractivity contribution in [2.24, 2.45) is 5.41 Å². The van der Waals surface area contributed by atoms with Crippen molar-refractivity contribution < 1.29 is 9.53 Å². The molecule has 1 aromatic carbocycles. The van der Waals surface area contributed by atoms with Crippen LogP contribution in [0.5, 0.6) is 0 Å². The van der Waals surface area contributed by atoms with E-state index in [4.69, 9.17) is 4.74 Å². The number of aromatic nitrogens is 2. The second-order valence-corrected chi connectivity index (χ2v) is 6.28. The normalized spacial score (nSPS) is 23.2. The molecular weight excluding hydrogens is 278 g/mol. The molecule has 1 saturated heterocycles. The van der Waals surface area contributed by atoms with Crippen LogP contribution in [0.4, 0.5) is 0 Å². The van der Waals surface area contributed by atoms with Gasteiger partial charge in [0.25, 0.3) is 5.91 Å². The van der Waals surface area contributed by atoms with Gasteiger partial charge in [-0.25, -0.2) is 4.98 Å². The van der Waals surface area contributed by atoms with Gasteiger partial charge in [-0.3, -0.25) is 9.78 Å². The number of nitrogens with one attached hydrogen (secondary N) is 1. The first-order chi connectivity index (χ1) is 10.8. The zero-order valence-corrected chi connectivity index (χ0v) is 12.4. The summed E-state index contributed by atoms with van der Waals surface area (Å²) >= 11 is 0. The third kappa shape index (κ3) is 2.25. The predicted octanol–water partition coefficient (Wildman–Crippen LogP) is 2.32. The Labute approximate surface area is 129 Å². The van der Waals surface area contributed by atoms with Gasteiger partial charge in [-0.2, -0.15) is 0 Å². The first-order valence-corrected chi connectivity index (χ1v) is 7.87. The van der Waals surface area contributed by atoms with Crippen LogP contribution in [0.3, 0.4) is 0 Å². The van der Waals surface area contributed by atoms with Crippen molar-refractivity contribution in [3.63, 3.8) is 0 Å². The molecule has 1 saturated carbocycles. The average molecular weight is 297 g/mol. The Kier molecular flexibility index (Phi) is 3.30. The van der Waals surface area contributed by atoms with Crippen LogP contribution in [0.25, 0.3) is 11.0 Å². The number of amides is 1. The maximum atomic E-state index is 12.5. The lowest BCUT2D eigenvalue weighted by molar-refractivity contribution is -0.0523. The summed E-state index contributed by atoms with van der Waals surface area (Å²) < 4.78 is 5.45. The third-order valence-corrected chi connectivity index (χ3v) is 5.15. The SMILES string of the molecule is O=C(NC1CCC12CCOCC2)c1cnc2ccccc2n1. The van der Waals surface area contributed by atoms with Crippen LogP contribution in [0, 0.1) is 5.41 Å². The Bertz CT molecular complexity index is 710. The number of hydrogen-bond donors (Lipinski definition) is 1. The first kappa shape index (κ1) is 13.6. The predicted molar refractivity (Wildman–Crippen MR) is 82.5 cm³/mol. The zero-order chi connectivity index (χ0) is 15.0. The molecule has 1 atom stereocenters. The molecular formula is C17H19N3O2. The van der Waals surface area contributed by atoms with Gasteiger partial charge in [0.2, 0.25) is 0 Å². The molecule has 1 aliphatic heterocycles. The summed E-state index contributed by atoms with van der Waals surface area (Å²) in [4.78, 5) is 21.2. The summed E-state index contributed by atoms with van der Waals surface area (Å²) in [5.41, 5.74) is 2.21. The molecule has 22 heavy (non-hydrogen) atoms. The summed E-state index contributed by atoms with van der Waals surface area (Å²) in [5, 5.41) is 3.16. The fourth-order valence-corrected chi connectivity index (χ4v) is 3.60. The van der Waals surface area contributed by atoms with E-state index < -0.39 is 0 Å². The van der Waals surface area contributed by atoms with Crippen LogP contribution in [-0.2, 0) is 4.74 Å². The fraction of sp³-hybridized carbons (Fsp3) is 0.471. The van der Waals surface area contributed by atoms with Crippen LogP contribution < -0.4 is 5.32 Å². The van der Waals surface area contributed by atoms with Gasteiger partial charge in [0.15, 0.2) is 0 Å². The molecule has 114 valence electrons. The lowest BCUT2D eigenvalue weighted by atomic mass is 9.60. The molecule has 1 unspecified atom stereocenters. The highest BCUT2D eigenvalue weighted by atomic mass is 16.5. The molecule has 1 amide bonds. The lowest BCUT2D eigenvalue weighted by Gasteiger charge is -2.52. The second kappa shape index (κ2) is 5.32. The molecule has 5 nitrogen and oxygen atoms in total. The Balaban J connectivity index is 1.51. The number of carbonyl (C=O) groups is 1. The molecule has 1 N–H and O–H groups in total. The standard InChI is InChI=1S/C17H19N3O2/c21-16(14-11-18-12-3-1-2-4-13(12)19-14)20-15-5-6-17(15)7-9-22-10-8-17/h1-4,11,15H,5-10H2,(H,20,21). The smallest absolute Gasteiger partial charge is 0.271 e. The van der Waals surface area contributed by atoms with E-state index in [2.05, 4.69) is 15.3 Å². The summed E-state index contributed by atoms with van der Waals surface area (Å²) in [6.45, 7) is 1.62. The molecule has 0 bridgehead atoms. The van der Waals surface area contributed by atoms with E-state index >= 15 is 0 Å². The third-order valence-electron chi connectivity index (χ3n) is 5.15. The van der Waals surface area contributed by atoms with Crippen LogP contribution in [-0.4, -0.2) is 35.1 Å². The van der Waals surface area contributed by atoms with Crippen molar-refractivity contribution in [1.82, 2.24) is 15.3 Å². The van der Waals surface area contributed by atoms with Gasteiger partial charge in [-0.05, 0) is 43.2 Å². The van der Waals surface area contributed by atoms with Crippen LogP contribution >= 0.6 is 0 Å². The minimum absolute atomic E-state index is 0.117. The van der Waals surface area contributed by atoms with Gasteiger partial charge < -0.3 is 10.1 Å². The van der Waals surface area contributed by atoms with Crippen molar-refractivity contribution in [2.75, 3.05) is 13.2 Å². The largest absolute Gasteiger partial charge is 0.381 e. The van der Waals surface area contributed by atoms with Crippen LogP contribution in [0.2, 0.25) is 0 Å². The van der Waals surface area contributed by atoms with Crippen LogP contribution in [0.1, 0.15) is 36.2 Å². The van der Waals surface area contributed by atoms with Crippen LogP contribution in [0.15, 0.2) is 30.5 Å². The van der Waals surface area contributed by atoms with Crippen molar-refractivity contribution in [2.45, 2.75) is 31.7 Å². The molecule has 1 spiro atoms. The number of hydrogen-bond acceptors (Lipinski definition) is 4. The number of carbonyl (C=O) groups excluding carboxylic acids is 1. The molecule has 5 heteroatoms. The summed E-state index contributed by atoms with van der Waals surface area (Å²) in [7, 11) is 0. The molecule has 4 rings (SSSR count). The number of rotatable bonds is 2.